The van der Waals surface area contributed by atoms with Gasteiger partial charge in [-0.2, -0.15) is 0 Å². The number of carboxylic acid groups (broad SMARTS) is 1. The molecule has 1 aliphatic rings. The second-order valence-corrected chi connectivity index (χ2v) is 4.23. The van der Waals surface area contributed by atoms with Gasteiger partial charge in [-0.1, -0.05) is 0 Å². The predicted octanol–water partition coefficient (Wildman–Crippen LogP) is 0.165. The zero-order valence-corrected chi connectivity index (χ0v) is 9.84. The van der Waals surface area contributed by atoms with Crippen LogP contribution in [0.2, 0.25) is 0 Å². The van der Waals surface area contributed by atoms with Gasteiger partial charge < -0.3 is 20.8 Å². The molecule has 1 aromatic carbocycles. The van der Waals surface area contributed by atoms with E-state index in [9.17, 15) is 19.5 Å². The number of anilines is 1. The number of phenols is 1. The Morgan fingerprint density at radius 2 is 2.11 bits per heavy atom. The molecule has 1 unspecified atom stereocenters. The second-order valence-electron chi connectivity index (χ2n) is 4.23. The van der Waals surface area contributed by atoms with E-state index in [-0.39, 0.29) is 36.0 Å². The average Bonchev–Trinajstić information content (AvgIpc) is 2.75. The summed E-state index contributed by atoms with van der Waals surface area (Å²) in [5, 5.41) is 23.3. The van der Waals surface area contributed by atoms with E-state index in [1.165, 1.54) is 12.1 Å². The van der Waals surface area contributed by atoms with Gasteiger partial charge >= 0.3 is 5.97 Å². The number of nitrogens with one attached hydrogen (secondary N) is 2. The average molecular weight is 264 g/mol. The number of carbonyl (C=O) groups excluding carboxylic acids is 2. The monoisotopic (exact) mass is 264 g/mol. The van der Waals surface area contributed by atoms with Gasteiger partial charge in [0.25, 0.3) is 0 Å². The first kappa shape index (κ1) is 12.9. The predicted molar refractivity (Wildman–Crippen MR) is 64.8 cm³/mol. The summed E-state index contributed by atoms with van der Waals surface area (Å²) in [6.07, 6.45) is 0.130. The molecule has 1 fully saturated rings. The third kappa shape index (κ3) is 2.82. The lowest BCUT2D eigenvalue weighted by Crippen LogP contribution is -2.24. The molecule has 1 saturated heterocycles. The van der Waals surface area contributed by atoms with Gasteiger partial charge in [0.05, 0.1) is 5.92 Å². The molecule has 0 spiro atoms. The van der Waals surface area contributed by atoms with Gasteiger partial charge in [-0.25, -0.2) is 4.79 Å². The smallest absolute Gasteiger partial charge is 0.339 e. The summed E-state index contributed by atoms with van der Waals surface area (Å²) < 4.78 is 0. The van der Waals surface area contributed by atoms with Gasteiger partial charge in [0.1, 0.15) is 11.3 Å². The number of amides is 2. The topological polar surface area (TPSA) is 116 Å². The highest BCUT2D eigenvalue weighted by atomic mass is 16.4. The number of carboxylic acids is 1. The lowest BCUT2D eigenvalue weighted by molar-refractivity contribution is -0.123. The SMILES string of the molecule is O=C1CC(C(=O)Nc2ccc(C(=O)O)c(O)c2)CN1. The highest BCUT2D eigenvalue weighted by Crippen LogP contribution is 2.23. The van der Waals surface area contributed by atoms with E-state index in [2.05, 4.69) is 10.6 Å². The molecule has 1 aliphatic heterocycles. The van der Waals surface area contributed by atoms with Crippen molar-refractivity contribution in [1.29, 1.82) is 0 Å². The van der Waals surface area contributed by atoms with Gasteiger partial charge in [0.2, 0.25) is 11.8 Å². The van der Waals surface area contributed by atoms with Crippen LogP contribution in [0.4, 0.5) is 5.69 Å². The number of carbonyl (C=O) groups is 3. The van der Waals surface area contributed by atoms with Gasteiger partial charge in [-0.3, -0.25) is 9.59 Å². The molecular weight excluding hydrogens is 252 g/mol. The first-order valence-electron chi connectivity index (χ1n) is 5.61. The Hall–Kier alpha value is -2.57. The Morgan fingerprint density at radius 1 is 1.37 bits per heavy atom. The second kappa shape index (κ2) is 4.97. The third-order valence-corrected chi connectivity index (χ3v) is 2.84. The normalized spacial score (nSPS) is 17.9. The molecule has 0 aromatic heterocycles. The highest BCUT2D eigenvalue weighted by molar-refractivity contribution is 5.98. The molecule has 0 bridgehead atoms. The van der Waals surface area contributed by atoms with Crippen LogP contribution in [0.3, 0.4) is 0 Å². The summed E-state index contributed by atoms with van der Waals surface area (Å²) in [5.41, 5.74) is 0.0440. The fraction of sp³-hybridized carbons (Fsp3) is 0.250. The fourth-order valence-corrected chi connectivity index (χ4v) is 1.83. The molecule has 1 aromatic rings. The van der Waals surface area contributed by atoms with Crippen LogP contribution in [-0.2, 0) is 9.59 Å². The van der Waals surface area contributed by atoms with Crippen LogP contribution in [0.5, 0.6) is 5.75 Å². The Morgan fingerprint density at radius 3 is 2.63 bits per heavy atom. The molecule has 0 radical (unpaired) electrons. The maximum absolute atomic E-state index is 11.8. The van der Waals surface area contributed by atoms with Gasteiger partial charge in [0, 0.05) is 24.7 Å². The first-order valence-corrected chi connectivity index (χ1v) is 5.61. The Balaban J connectivity index is 2.07. The zero-order valence-electron chi connectivity index (χ0n) is 9.84. The standard InChI is InChI=1S/C12H12N2O5/c15-9-4-7(1-2-8(9)12(18)19)14-11(17)6-3-10(16)13-5-6/h1-2,4,6,15H,3,5H2,(H,13,16)(H,14,17)(H,18,19). The van der Waals surface area contributed by atoms with E-state index in [4.69, 9.17) is 5.11 Å². The van der Waals surface area contributed by atoms with E-state index < -0.39 is 17.6 Å². The van der Waals surface area contributed by atoms with Crippen molar-refractivity contribution in [3.63, 3.8) is 0 Å². The number of hydrogen-bond acceptors (Lipinski definition) is 4. The van der Waals surface area contributed by atoms with Crippen molar-refractivity contribution in [1.82, 2.24) is 5.32 Å². The highest BCUT2D eigenvalue weighted by Gasteiger charge is 2.28. The summed E-state index contributed by atoms with van der Waals surface area (Å²) in [5.74, 6) is -2.65. The van der Waals surface area contributed by atoms with Crippen LogP contribution in [0.1, 0.15) is 16.8 Å². The fourth-order valence-electron chi connectivity index (χ4n) is 1.83. The summed E-state index contributed by atoms with van der Waals surface area (Å²) in [6.45, 7) is 0.282. The van der Waals surface area contributed by atoms with E-state index in [1.807, 2.05) is 0 Å². The van der Waals surface area contributed by atoms with E-state index >= 15 is 0 Å². The minimum absolute atomic E-state index is 0.130. The minimum atomic E-state index is -1.25. The minimum Gasteiger partial charge on any atom is -0.507 e. The molecule has 7 nitrogen and oxygen atoms in total. The number of hydrogen-bond donors (Lipinski definition) is 4. The van der Waals surface area contributed by atoms with Crippen molar-refractivity contribution < 1.29 is 24.6 Å². The summed E-state index contributed by atoms with van der Waals surface area (Å²) in [6, 6.07) is 3.74. The lowest BCUT2D eigenvalue weighted by atomic mass is 10.1. The van der Waals surface area contributed by atoms with Crippen LogP contribution in [-0.4, -0.2) is 34.5 Å². The van der Waals surface area contributed by atoms with Crippen molar-refractivity contribution >= 4 is 23.5 Å². The van der Waals surface area contributed by atoms with Crippen LogP contribution in [0, 0.1) is 5.92 Å². The lowest BCUT2D eigenvalue weighted by Gasteiger charge is -2.10. The third-order valence-electron chi connectivity index (χ3n) is 2.84. The maximum atomic E-state index is 11.8. The summed E-state index contributed by atoms with van der Waals surface area (Å²) in [7, 11) is 0. The number of aromatic carboxylic acids is 1. The molecule has 1 atom stereocenters. The quantitative estimate of drug-likeness (QED) is 0.621. The number of aromatic hydroxyl groups is 1. The molecule has 2 amide bonds. The van der Waals surface area contributed by atoms with E-state index in [0.29, 0.717) is 0 Å². The Labute approximate surface area is 108 Å². The van der Waals surface area contributed by atoms with Crippen molar-refractivity contribution in [3.05, 3.63) is 23.8 Å². The van der Waals surface area contributed by atoms with Gasteiger partial charge in [-0.15, -0.1) is 0 Å². The Bertz CT molecular complexity index is 555. The summed E-state index contributed by atoms with van der Waals surface area (Å²) in [4.78, 5) is 33.5. The Kier molecular flexibility index (Phi) is 3.37. The molecule has 100 valence electrons. The van der Waals surface area contributed by atoms with Crippen LogP contribution in [0.15, 0.2) is 18.2 Å². The molecule has 2 rings (SSSR count). The molecule has 1 heterocycles. The van der Waals surface area contributed by atoms with Gasteiger partial charge in [0.15, 0.2) is 0 Å². The molecule has 0 aliphatic carbocycles. The van der Waals surface area contributed by atoms with E-state index in [1.54, 1.807) is 0 Å². The molecule has 19 heavy (non-hydrogen) atoms. The molecule has 4 N–H and O–H groups in total. The largest absolute Gasteiger partial charge is 0.507 e. The van der Waals surface area contributed by atoms with E-state index in [0.717, 1.165) is 6.07 Å². The maximum Gasteiger partial charge on any atom is 0.339 e. The van der Waals surface area contributed by atoms with Crippen LogP contribution in [0.25, 0.3) is 0 Å². The van der Waals surface area contributed by atoms with Crippen molar-refractivity contribution in [2.75, 3.05) is 11.9 Å². The molecular formula is C12H12N2O5. The molecule has 0 saturated carbocycles. The van der Waals surface area contributed by atoms with Gasteiger partial charge in [-0.05, 0) is 12.1 Å². The molecule has 7 heteroatoms. The van der Waals surface area contributed by atoms with Crippen LogP contribution < -0.4 is 10.6 Å². The van der Waals surface area contributed by atoms with Crippen molar-refractivity contribution in [3.8, 4) is 5.75 Å². The summed E-state index contributed by atoms with van der Waals surface area (Å²) >= 11 is 0. The number of benzene rings is 1. The van der Waals surface area contributed by atoms with Crippen molar-refractivity contribution in [2.45, 2.75) is 6.42 Å². The van der Waals surface area contributed by atoms with Crippen molar-refractivity contribution in [2.24, 2.45) is 5.92 Å². The first-order chi connectivity index (χ1) is 8.97. The van der Waals surface area contributed by atoms with Crippen LogP contribution >= 0.6 is 0 Å². The number of rotatable bonds is 3. The zero-order chi connectivity index (χ0) is 14.0.